The molecular weight excluding hydrogens is 242 g/mol. The van der Waals surface area contributed by atoms with Gasteiger partial charge in [-0.25, -0.2) is 4.79 Å². The molecule has 0 aliphatic heterocycles. The second-order valence-electron chi connectivity index (χ2n) is 3.99. The third-order valence-corrected chi connectivity index (χ3v) is 2.75. The summed E-state index contributed by atoms with van der Waals surface area (Å²) in [7, 11) is 1.28. The summed E-state index contributed by atoms with van der Waals surface area (Å²) in [6.45, 7) is 0. The van der Waals surface area contributed by atoms with Gasteiger partial charge in [-0.15, -0.1) is 0 Å². The normalized spacial score (nSPS) is 9.95. The van der Waals surface area contributed by atoms with Crippen LogP contribution >= 0.6 is 0 Å². The van der Waals surface area contributed by atoms with Gasteiger partial charge in [-0.05, 0) is 30.3 Å². The molecule has 0 bridgehead atoms. The fraction of sp³-hybridized carbons (Fsp3) is 0.0667. The number of hydrogen-bond acceptors (Lipinski definition) is 4. The van der Waals surface area contributed by atoms with Gasteiger partial charge in [0, 0.05) is 16.8 Å². The van der Waals surface area contributed by atoms with Gasteiger partial charge in [0.1, 0.15) is 0 Å². The van der Waals surface area contributed by atoms with E-state index in [9.17, 15) is 9.59 Å². The maximum Gasteiger partial charge on any atom is 0.338 e. The van der Waals surface area contributed by atoms with E-state index in [0.29, 0.717) is 16.8 Å². The highest BCUT2D eigenvalue weighted by Crippen LogP contribution is 2.16. The summed E-state index contributed by atoms with van der Waals surface area (Å²) < 4.78 is 4.67. The van der Waals surface area contributed by atoms with Gasteiger partial charge in [0.25, 0.3) is 0 Å². The van der Waals surface area contributed by atoms with Crippen molar-refractivity contribution in [2.75, 3.05) is 12.8 Å². The number of methoxy groups -OCH3 is 1. The van der Waals surface area contributed by atoms with Gasteiger partial charge in [-0.2, -0.15) is 0 Å². The molecule has 4 heteroatoms. The van der Waals surface area contributed by atoms with Crippen LogP contribution in [0.3, 0.4) is 0 Å². The summed E-state index contributed by atoms with van der Waals surface area (Å²) in [4.78, 5) is 24.0. The molecule has 0 fully saturated rings. The molecule has 0 atom stereocenters. The van der Waals surface area contributed by atoms with Crippen LogP contribution in [0.2, 0.25) is 0 Å². The van der Waals surface area contributed by atoms with Crippen LogP contribution in [0.1, 0.15) is 26.3 Å². The van der Waals surface area contributed by atoms with Crippen LogP contribution in [0.4, 0.5) is 5.69 Å². The molecule has 0 heterocycles. The van der Waals surface area contributed by atoms with Gasteiger partial charge < -0.3 is 10.5 Å². The van der Waals surface area contributed by atoms with Gasteiger partial charge in [-0.3, -0.25) is 4.79 Å². The van der Waals surface area contributed by atoms with Crippen molar-refractivity contribution < 1.29 is 14.3 Å². The van der Waals surface area contributed by atoms with E-state index in [-0.39, 0.29) is 11.3 Å². The predicted octanol–water partition coefficient (Wildman–Crippen LogP) is 2.29. The van der Waals surface area contributed by atoms with Gasteiger partial charge in [0.05, 0.1) is 12.7 Å². The van der Waals surface area contributed by atoms with E-state index in [1.165, 1.54) is 7.11 Å². The van der Waals surface area contributed by atoms with E-state index in [1.54, 1.807) is 48.5 Å². The molecule has 0 saturated heterocycles. The van der Waals surface area contributed by atoms with Crippen molar-refractivity contribution in [1.82, 2.24) is 0 Å². The summed E-state index contributed by atoms with van der Waals surface area (Å²) in [5, 5.41) is 0. The zero-order valence-electron chi connectivity index (χ0n) is 10.4. The molecule has 2 N–H and O–H groups in total. The van der Waals surface area contributed by atoms with Crippen molar-refractivity contribution in [1.29, 1.82) is 0 Å². The molecule has 0 aliphatic carbocycles. The summed E-state index contributed by atoms with van der Waals surface area (Å²) in [6, 6.07) is 13.1. The zero-order valence-corrected chi connectivity index (χ0v) is 10.4. The molecular formula is C15H13NO3. The summed E-state index contributed by atoms with van der Waals surface area (Å²) in [5.74, 6) is -0.764. The first kappa shape index (κ1) is 12.8. The highest BCUT2D eigenvalue weighted by atomic mass is 16.5. The first-order valence-corrected chi connectivity index (χ1v) is 5.71. The van der Waals surface area contributed by atoms with Crippen molar-refractivity contribution in [2.45, 2.75) is 0 Å². The Balaban J connectivity index is 2.44. The van der Waals surface area contributed by atoms with Crippen LogP contribution in [0.5, 0.6) is 0 Å². The largest absolute Gasteiger partial charge is 0.465 e. The number of anilines is 1. The van der Waals surface area contributed by atoms with Gasteiger partial charge in [0.2, 0.25) is 0 Å². The van der Waals surface area contributed by atoms with Crippen LogP contribution in [-0.2, 0) is 4.74 Å². The SMILES string of the molecule is COC(=O)c1ccccc1C(=O)c1ccc(N)cc1. The molecule has 0 unspecified atom stereocenters. The molecule has 0 spiro atoms. The fourth-order valence-corrected chi connectivity index (χ4v) is 1.76. The first-order valence-electron chi connectivity index (χ1n) is 5.71. The monoisotopic (exact) mass is 255 g/mol. The molecule has 4 nitrogen and oxygen atoms in total. The molecule has 2 aromatic rings. The number of nitrogens with two attached hydrogens (primary N) is 1. The maximum atomic E-state index is 12.4. The number of ether oxygens (including phenoxy) is 1. The number of nitrogen functional groups attached to an aromatic ring is 1. The molecule has 2 rings (SSSR count). The Bertz CT molecular complexity index is 618. The molecule has 0 aliphatic rings. The molecule has 0 saturated carbocycles. The third kappa shape index (κ3) is 2.63. The second-order valence-corrected chi connectivity index (χ2v) is 3.99. The van der Waals surface area contributed by atoms with Crippen molar-refractivity contribution in [2.24, 2.45) is 0 Å². The van der Waals surface area contributed by atoms with Crippen LogP contribution < -0.4 is 5.73 Å². The second kappa shape index (κ2) is 5.35. The molecule has 96 valence electrons. The van der Waals surface area contributed by atoms with E-state index in [1.807, 2.05) is 0 Å². The number of hydrogen-bond donors (Lipinski definition) is 1. The topological polar surface area (TPSA) is 69.4 Å². The van der Waals surface area contributed by atoms with Crippen LogP contribution in [0, 0.1) is 0 Å². The van der Waals surface area contributed by atoms with Crippen molar-refractivity contribution in [3.8, 4) is 0 Å². The van der Waals surface area contributed by atoms with E-state index in [4.69, 9.17) is 5.73 Å². The van der Waals surface area contributed by atoms with Gasteiger partial charge >= 0.3 is 5.97 Å². The number of benzene rings is 2. The lowest BCUT2D eigenvalue weighted by Gasteiger charge is -2.07. The third-order valence-electron chi connectivity index (χ3n) is 2.75. The number of ketones is 1. The van der Waals surface area contributed by atoms with Crippen molar-refractivity contribution in [3.63, 3.8) is 0 Å². The number of esters is 1. The lowest BCUT2D eigenvalue weighted by Crippen LogP contribution is -2.11. The highest BCUT2D eigenvalue weighted by molar-refractivity contribution is 6.14. The lowest BCUT2D eigenvalue weighted by molar-refractivity contribution is 0.0597. The summed E-state index contributed by atoms with van der Waals surface area (Å²) in [6.07, 6.45) is 0. The van der Waals surface area contributed by atoms with Crippen molar-refractivity contribution in [3.05, 3.63) is 65.2 Å². The predicted molar refractivity (Wildman–Crippen MR) is 72.1 cm³/mol. The lowest BCUT2D eigenvalue weighted by atomic mass is 9.98. The average Bonchev–Trinajstić information content (AvgIpc) is 2.46. The Morgan fingerprint density at radius 1 is 0.947 bits per heavy atom. The Hall–Kier alpha value is -2.62. The standard InChI is InChI=1S/C15H13NO3/c1-19-15(18)13-5-3-2-4-12(13)14(17)10-6-8-11(16)9-7-10/h2-9H,16H2,1H3. The summed E-state index contributed by atoms with van der Waals surface area (Å²) >= 11 is 0. The Morgan fingerprint density at radius 3 is 2.11 bits per heavy atom. The smallest absolute Gasteiger partial charge is 0.338 e. The van der Waals surface area contributed by atoms with Crippen molar-refractivity contribution >= 4 is 17.4 Å². The molecule has 2 aromatic carbocycles. The minimum absolute atomic E-state index is 0.235. The van der Waals surface area contributed by atoms with Crippen LogP contribution in [-0.4, -0.2) is 18.9 Å². The quantitative estimate of drug-likeness (QED) is 0.519. The van der Waals surface area contributed by atoms with E-state index in [0.717, 1.165) is 0 Å². The van der Waals surface area contributed by atoms with Gasteiger partial charge in [0.15, 0.2) is 5.78 Å². The van der Waals surface area contributed by atoms with Crippen LogP contribution in [0.15, 0.2) is 48.5 Å². The van der Waals surface area contributed by atoms with Crippen LogP contribution in [0.25, 0.3) is 0 Å². The number of rotatable bonds is 3. The summed E-state index contributed by atoms with van der Waals surface area (Å²) in [5.41, 5.74) is 7.21. The zero-order chi connectivity index (χ0) is 13.8. The first-order chi connectivity index (χ1) is 9.13. The molecule has 0 amide bonds. The number of carbonyl (C=O) groups is 2. The fourth-order valence-electron chi connectivity index (χ4n) is 1.76. The number of carbonyl (C=O) groups excluding carboxylic acids is 2. The maximum absolute atomic E-state index is 12.4. The molecule has 19 heavy (non-hydrogen) atoms. The van der Waals surface area contributed by atoms with E-state index < -0.39 is 5.97 Å². The Labute approximate surface area is 110 Å². The van der Waals surface area contributed by atoms with Gasteiger partial charge in [-0.1, -0.05) is 18.2 Å². The Kier molecular flexibility index (Phi) is 3.61. The minimum atomic E-state index is -0.528. The molecule has 0 aromatic heterocycles. The molecule has 0 radical (unpaired) electrons. The van der Waals surface area contributed by atoms with E-state index >= 15 is 0 Å². The average molecular weight is 255 g/mol. The van der Waals surface area contributed by atoms with E-state index in [2.05, 4.69) is 4.74 Å². The Morgan fingerprint density at radius 2 is 1.53 bits per heavy atom. The minimum Gasteiger partial charge on any atom is -0.465 e. The highest BCUT2D eigenvalue weighted by Gasteiger charge is 2.18.